The van der Waals surface area contributed by atoms with Gasteiger partial charge in [-0.1, -0.05) is 29.3 Å². The number of rotatable bonds is 6. The normalized spacial score (nSPS) is 12.7. The molecule has 8 heteroatoms. The average Bonchev–Trinajstić information content (AvgIpc) is 2.55. The van der Waals surface area contributed by atoms with Gasteiger partial charge in [-0.15, -0.1) is 0 Å². The van der Waals surface area contributed by atoms with Gasteiger partial charge in [0.05, 0.1) is 19.2 Å². The molecule has 0 bridgehead atoms. The van der Waals surface area contributed by atoms with E-state index in [0.29, 0.717) is 16.5 Å². The third kappa shape index (κ3) is 4.13. The van der Waals surface area contributed by atoms with Gasteiger partial charge in [0.1, 0.15) is 4.90 Å². The average molecular weight is 390 g/mol. The number of hydrogen-bond donors (Lipinski definition) is 1. The first-order valence-electron chi connectivity index (χ1n) is 6.98. The van der Waals surface area contributed by atoms with Gasteiger partial charge >= 0.3 is 0 Å². The zero-order valence-corrected chi connectivity index (χ0v) is 15.7. The van der Waals surface area contributed by atoms with Crippen molar-refractivity contribution in [2.75, 3.05) is 14.2 Å². The van der Waals surface area contributed by atoms with Crippen molar-refractivity contribution in [2.24, 2.45) is 0 Å². The van der Waals surface area contributed by atoms with Crippen molar-refractivity contribution < 1.29 is 17.9 Å². The van der Waals surface area contributed by atoms with Gasteiger partial charge in [-0.25, -0.2) is 13.1 Å². The Bertz CT molecular complexity index is 840. The van der Waals surface area contributed by atoms with Crippen LogP contribution in [0.2, 0.25) is 10.0 Å². The minimum Gasteiger partial charge on any atom is -0.493 e. The summed E-state index contributed by atoms with van der Waals surface area (Å²) in [6, 6.07) is 8.96. The van der Waals surface area contributed by atoms with E-state index in [4.69, 9.17) is 32.7 Å². The summed E-state index contributed by atoms with van der Waals surface area (Å²) in [6.07, 6.45) is 0. The van der Waals surface area contributed by atoms with Crippen molar-refractivity contribution >= 4 is 33.2 Å². The molecule has 0 fully saturated rings. The summed E-state index contributed by atoms with van der Waals surface area (Å²) in [5.41, 5.74) is 0.717. The SMILES string of the molecule is COc1ccc(C(C)NS(=O)(=O)c2cc(Cl)ccc2Cl)cc1OC. The van der Waals surface area contributed by atoms with Crippen LogP contribution in [0.1, 0.15) is 18.5 Å². The topological polar surface area (TPSA) is 64.6 Å². The fourth-order valence-electron chi connectivity index (χ4n) is 2.17. The summed E-state index contributed by atoms with van der Waals surface area (Å²) in [5.74, 6) is 1.08. The highest BCUT2D eigenvalue weighted by molar-refractivity contribution is 7.89. The van der Waals surface area contributed by atoms with Crippen molar-refractivity contribution in [1.82, 2.24) is 4.72 Å². The Morgan fingerprint density at radius 1 is 1.00 bits per heavy atom. The predicted octanol–water partition coefficient (Wildman–Crippen LogP) is 4.05. The van der Waals surface area contributed by atoms with Crippen LogP contribution >= 0.6 is 23.2 Å². The summed E-state index contributed by atoms with van der Waals surface area (Å²) in [4.78, 5) is -0.0657. The van der Waals surface area contributed by atoms with Gasteiger partial charge in [0.15, 0.2) is 11.5 Å². The number of halogens is 2. The lowest BCUT2D eigenvalue weighted by Crippen LogP contribution is -2.27. The zero-order chi connectivity index (χ0) is 17.9. The maximum absolute atomic E-state index is 12.6. The number of nitrogens with one attached hydrogen (secondary N) is 1. The Labute approximate surface area is 151 Å². The van der Waals surface area contributed by atoms with Gasteiger partial charge in [0.25, 0.3) is 0 Å². The first-order valence-corrected chi connectivity index (χ1v) is 9.21. The van der Waals surface area contributed by atoms with Gasteiger partial charge in [0, 0.05) is 11.1 Å². The summed E-state index contributed by atoms with van der Waals surface area (Å²) in [6.45, 7) is 1.72. The molecule has 24 heavy (non-hydrogen) atoms. The number of ether oxygens (including phenoxy) is 2. The smallest absolute Gasteiger partial charge is 0.242 e. The Balaban J connectivity index is 2.31. The predicted molar refractivity (Wildman–Crippen MR) is 94.7 cm³/mol. The molecule has 1 N–H and O–H groups in total. The van der Waals surface area contributed by atoms with E-state index in [1.165, 1.54) is 32.4 Å². The number of sulfonamides is 1. The zero-order valence-electron chi connectivity index (χ0n) is 13.3. The van der Waals surface area contributed by atoms with Crippen LogP contribution in [0.25, 0.3) is 0 Å². The van der Waals surface area contributed by atoms with Gasteiger partial charge in [-0.2, -0.15) is 0 Å². The second-order valence-corrected chi connectivity index (χ2v) is 7.56. The molecule has 130 valence electrons. The molecule has 2 aromatic rings. The van der Waals surface area contributed by atoms with Gasteiger partial charge < -0.3 is 9.47 Å². The van der Waals surface area contributed by atoms with Crippen LogP contribution in [0.4, 0.5) is 0 Å². The summed E-state index contributed by atoms with van der Waals surface area (Å²) in [5, 5.41) is 0.393. The van der Waals surface area contributed by atoms with Gasteiger partial charge in [-0.3, -0.25) is 0 Å². The monoisotopic (exact) mass is 389 g/mol. The van der Waals surface area contributed by atoms with Crippen LogP contribution in [-0.4, -0.2) is 22.6 Å². The van der Waals surface area contributed by atoms with Crippen molar-refractivity contribution in [3.63, 3.8) is 0 Å². The second kappa shape index (κ2) is 7.61. The number of benzene rings is 2. The molecular formula is C16H17Cl2NO4S. The maximum Gasteiger partial charge on any atom is 0.242 e. The van der Waals surface area contributed by atoms with E-state index >= 15 is 0 Å². The summed E-state index contributed by atoms with van der Waals surface area (Å²) >= 11 is 11.9. The molecule has 0 saturated heterocycles. The number of hydrogen-bond acceptors (Lipinski definition) is 4. The van der Waals surface area contributed by atoms with Crippen molar-refractivity contribution in [3.8, 4) is 11.5 Å². The Morgan fingerprint density at radius 2 is 1.67 bits per heavy atom. The molecule has 2 aromatic carbocycles. The summed E-state index contributed by atoms with van der Waals surface area (Å²) < 4.78 is 38.1. The lowest BCUT2D eigenvalue weighted by molar-refractivity contribution is 0.354. The minimum absolute atomic E-state index is 0.0657. The molecule has 5 nitrogen and oxygen atoms in total. The van der Waals surface area contributed by atoms with Crippen molar-refractivity contribution in [1.29, 1.82) is 0 Å². The highest BCUT2D eigenvalue weighted by Crippen LogP contribution is 2.31. The first kappa shape index (κ1) is 18.9. The standard InChI is InChI=1S/C16H17Cl2NO4S/c1-10(11-4-7-14(22-2)15(8-11)23-3)19-24(20,21)16-9-12(17)5-6-13(16)18/h4-10,19H,1-3H3. The van der Waals surface area contributed by atoms with Crippen LogP contribution in [0.5, 0.6) is 11.5 Å². The van der Waals surface area contributed by atoms with Crippen molar-refractivity contribution in [3.05, 3.63) is 52.0 Å². The van der Waals surface area contributed by atoms with Crippen molar-refractivity contribution in [2.45, 2.75) is 17.9 Å². The van der Waals surface area contributed by atoms with E-state index in [1.807, 2.05) is 0 Å². The molecule has 0 aromatic heterocycles. The van der Waals surface area contributed by atoms with E-state index in [2.05, 4.69) is 4.72 Å². The lowest BCUT2D eigenvalue weighted by atomic mass is 10.1. The molecule has 0 radical (unpaired) electrons. The third-order valence-corrected chi connectivity index (χ3v) is 5.68. The molecule has 0 aliphatic rings. The third-order valence-electron chi connectivity index (χ3n) is 3.42. The Kier molecular flexibility index (Phi) is 5.98. The fourth-order valence-corrected chi connectivity index (χ4v) is 4.16. The van der Waals surface area contributed by atoms with E-state index < -0.39 is 16.1 Å². The summed E-state index contributed by atoms with van der Waals surface area (Å²) in [7, 11) is -0.786. The fraction of sp³-hybridized carbons (Fsp3) is 0.250. The molecule has 0 saturated carbocycles. The highest BCUT2D eigenvalue weighted by Gasteiger charge is 2.22. The van der Waals surface area contributed by atoms with E-state index in [-0.39, 0.29) is 9.92 Å². The van der Waals surface area contributed by atoms with Crippen LogP contribution in [-0.2, 0) is 10.0 Å². The van der Waals surface area contributed by atoms with Gasteiger partial charge in [0.2, 0.25) is 10.0 Å². The second-order valence-electron chi connectivity index (χ2n) is 5.03. The van der Waals surface area contributed by atoms with E-state index in [0.717, 1.165) is 5.56 Å². The van der Waals surface area contributed by atoms with Crippen LogP contribution < -0.4 is 14.2 Å². The van der Waals surface area contributed by atoms with Crippen LogP contribution in [0, 0.1) is 0 Å². The molecule has 0 aliphatic carbocycles. The molecule has 0 aliphatic heterocycles. The molecule has 1 unspecified atom stereocenters. The molecule has 0 amide bonds. The maximum atomic E-state index is 12.6. The molecule has 0 spiro atoms. The Hall–Kier alpha value is -1.47. The van der Waals surface area contributed by atoms with Crippen LogP contribution in [0.3, 0.4) is 0 Å². The largest absolute Gasteiger partial charge is 0.493 e. The highest BCUT2D eigenvalue weighted by atomic mass is 35.5. The molecule has 2 rings (SSSR count). The first-order chi connectivity index (χ1) is 11.3. The Morgan fingerprint density at radius 3 is 2.29 bits per heavy atom. The molecule has 1 atom stereocenters. The van der Waals surface area contributed by atoms with E-state index in [9.17, 15) is 8.42 Å². The minimum atomic E-state index is -3.83. The van der Waals surface area contributed by atoms with Gasteiger partial charge in [-0.05, 0) is 42.8 Å². The quantitative estimate of drug-likeness (QED) is 0.808. The molecule has 0 heterocycles. The number of methoxy groups -OCH3 is 2. The van der Waals surface area contributed by atoms with Crippen LogP contribution in [0.15, 0.2) is 41.3 Å². The molecular weight excluding hydrogens is 373 g/mol. The van der Waals surface area contributed by atoms with E-state index in [1.54, 1.807) is 25.1 Å². The lowest BCUT2D eigenvalue weighted by Gasteiger charge is -2.17.